The Kier molecular flexibility index (Phi) is 6.50. The predicted octanol–water partition coefficient (Wildman–Crippen LogP) is 4.75. The smallest absolute Gasteiger partial charge is 0.255 e. The van der Waals surface area contributed by atoms with Crippen molar-refractivity contribution in [1.29, 1.82) is 0 Å². The third-order valence-corrected chi connectivity index (χ3v) is 7.63. The molecule has 170 valence electrons. The maximum Gasteiger partial charge on any atom is 0.255 e. The first-order valence-electron chi connectivity index (χ1n) is 11.5. The van der Waals surface area contributed by atoms with Crippen molar-refractivity contribution in [1.82, 2.24) is 13.6 Å². The van der Waals surface area contributed by atoms with Gasteiger partial charge in [0.2, 0.25) is 5.91 Å². The van der Waals surface area contributed by atoms with Gasteiger partial charge in [-0.3, -0.25) is 9.59 Å². The number of carbonyl (C=O) groups excluding carboxylic acids is 2. The van der Waals surface area contributed by atoms with Crippen LogP contribution in [0, 0.1) is 37.0 Å². The molecule has 0 bridgehead atoms. The Morgan fingerprint density at radius 2 is 1.79 bits per heavy atom. The Morgan fingerprint density at radius 3 is 2.59 bits per heavy atom. The number of hydrogen-bond acceptors (Lipinski definition) is 5. The van der Waals surface area contributed by atoms with Crippen molar-refractivity contribution in [2.24, 2.45) is 5.92 Å². The van der Waals surface area contributed by atoms with Crippen LogP contribution in [0.25, 0.3) is 17.2 Å². The molecule has 1 unspecified atom stereocenters. The van der Waals surface area contributed by atoms with Gasteiger partial charge in [0.1, 0.15) is 11.1 Å². The fraction of sp³-hybridized carbons (Fsp3) is 0.308. The number of nitrogens with one attached hydrogen (secondary N) is 1. The first-order valence-corrected chi connectivity index (χ1v) is 12.2. The van der Waals surface area contributed by atoms with Crippen LogP contribution in [-0.2, 0) is 10.2 Å². The van der Waals surface area contributed by atoms with Crippen LogP contribution in [0.3, 0.4) is 0 Å². The molecule has 34 heavy (non-hydrogen) atoms. The summed E-state index contributed by atoms with van der Waals surface area (Å²) in [5.41, 5.74) is 3.99. The van der Waals surface area contributed by atoms with Gasteiger partial charge in [0, 0.05) is 44.2 Å². The van der Waals surface area contributed by atoms with E-state index >= 15 is 0 Å². The van der Waals surface area contributed by atoms with Gasteiger partial charge in [0.05, 0.1) is 28.7 Å². The normalized spacial score (nSPS) is 22.2. The molecule has 1 saturated carbocycles. The van der Waals surface area contributed by atoms with Gasteiger partial charge in [0.25, 0.3) is 5.91 Å². The van der Waals surface area contributed by atoms with Crippen molar-refractivity contribution in [3.05, 3.63) is 71.6 Å². The summed E-state index contributed by atoms with van der Waals surface area (Å²) >= 11 is 1.14. The molecule has 2 atom stereocenters. The van der Waals surface area contributed by atoms with Gasteiger partial charge in [-0.2, -0.15) is 8.75 Å². The van der Waals surface area contributed by atoms with Crippen molar-refractivity contribution in [2.45, 2.75) is 31.1 Å². The Hall–Kier alpha value is -2.27. The van der Waals surface area contributed by atoms with E-state index in [1.54, 1.807) is 0 Å². The largest absolute Gasteiger partial charge is 0.339 e. The zero-order chi connectivity index (χ0) is 22.4. The molecule has 0 radical (unpaired) electrons. The number of hydrogen-bond donors (Lipinski definition) is 1. The molecule has 8 heteroatoms. The van der Waals surface area contributed by atoms with E-state index in [2.05, 4.69) is 20.1 Å². The van der Waals surface area contributed by atoms with Crippen molar-refractivity contribution in [2.75, 3.05) is 18.4 Å². The topological polar surface area (TPSA) is 75.2 Å². The Balaban J connectivity index is 0.00000241. The van der Waals surface area contributed by atoms with E-state index in [9.17, 15) is 9.59 Å². The summed E-state index contributed by atoms with van der Waals surface area (Å²) in [6.45, 7) is 1.52. The molecule has 2 heterocycles. The molecule has 1 saturated heterocycles. The van der Waals surface area contributed by atoms with E-state index in [1.165, 1.54) is 0 Å². The molecule has 6 nitrogen and oxygen atoms in total. The number of nitrogens with zero attached hydrogens (tertiary/aromatic N) is 3. The number of likely N-dealkylation sites (tertiary alicyclic amines) is 1. The SMILES string of the molecule is O=C(c1ccc(-c2ccccc2)cc1NC(=O)C12C[C@H]1C=Cc1nsnc12)N1CCCCC1.[U]. The summed E-state index contributed by atoms with van der Waals surface area (Å²) in [4.78, 5) is 29.0. The molecule has 0 spiro atoms. The zero-order valence-electron chi connectivity index (χ0n) is 18.7. The quantitative estimate of drug-likeness (QED) is 0.428. The summed E-state index contributed by atoms with van der Waals surface area (Å²) in [7, 11) is 0. The summed E-state index contributed by atoms with van der Waals surface area (Å²) < 4.78 is 8.79. The molecule has 2 aliphatic carbocycles. The maximum atomic E-state index is 13.7. The number of carbonyl (C=O) groups is 2. The third-order valence-electron chi connectivity index (χ3n) is 7.09. The van der Waals surface area contributed by atoms with Crippen LogP contribution in [0.15, 0.2) is 54.6 Å². The number of allylic oxidation sites excluding steroid dienone is 1. The molecule has 3 aromatic rings. The molecule has 2 fully saturated rings. The van der Waals surface area contributed by atoms with Crippen LogP contribution in [0.5, 0.6) is 0 Å². The second-order valence-electron chi connectivity index (χ2n) is 9.07. The summed E-state index contributed by atoms with van der Waals surface area (Å²) in [5.74, 6) is 0.00479. The number of amides is 2. The van der Waals surface area contributed by atoms with Crippen LogP contribution in [0.2, 0.25) is 0 Å². The van der Waals surface area contributed by atoms with E-state index in [-0.39, 0.29) is 48.8 Å². The summed E-state index contributed by atoms with van der Waals surface area (Å²) in [6, 6.07) is 15.8. The number of piperidine rings is 1. The number of rotatable bonds is 4. The van der Waals surface area contributed by atoms with Gasteiger partial charge in [-0.05, 0) is 60.9 Å². The van der Waals surface area contributed by atoms with Gasteiger partial charge in [-0.25, -0.2) is 0 Å². The average Bonchev–Trinajstić information content (AvgIpc) is 3.44. The number of anilines is 1. The second kappa shape index (κ2) is 9.41. The van der Waals surface area contributed by atoms with Gasteiger partial charge in [-0.1, -0.05) is 42.5 Å². The molecule has 2 aromatic carbocycles. The van der Waals surface area contributed by atoms with Crippen LogP contribution in [-0.4, -0.2) is 38.6 Å². The van der Waals surface area contributed by atoms with Crippen LogP contribution in [0.4, 0.5) is 5.69 Å². The minimum atomic E-state index is -0.675. The molecule has 3 aliphatic rings. The molecule has 1 aliphatic heterocycles. The standard InChI is InChI=1S/C26H24N4O2S.U/c31-24(30-13-5-2-6-14-30)20-11-9-18(17-7-3-1-4-8-17)15-22(20)27-25(32)26-16-19(26)10-12-21-23(26)29-33-28-21;/h1,3-4,7-12,15,19H,2,5-6,13-14,16H2,(H,27,32);/t19-,26?;/m1./s1. The molecule has 6 rings (SSSR count). The summed E-state index contributed by atoms with van der Waals surface area (Å²) in [6.07, 6.45) is 7.94. The van der Waals surface area contributed by atoms with Crippen molar-refractivity contribution >= 4 is 35.3 Å². The van der Waals surface area contributed by atoms with Gasteiger partial charge >= 0.3 is 0 Å². The fourth-order valence-corrected chi connectivity index (χ4v) is 5.74. The second-order valence-corrected chi connectivity index (χ2v) is 9.60. The van der Waals surface area contributed by atoms with E-state index in [0.717, 1.165) is 73.0 Å². The molecular formula is C26H24N4O2SU. The monoisotopic (exact) mass is 694 g/mol. The van der Waals surface area contributed by atoms with Gasteiger partial charge in [0.15, 0.2) is 0 Å². The predicted molar refractivity (Wildman–Crippen MR) is 129 cm³/mol. The first kappa shape index (κ1) is 23.5. The zero-order valence-corrected chi connectivity index (χ0v) is 23.6. The van der Waals surface area contributed by atoms with E-state index in [4.69, 9.17) is 0 Å². The van der Waals surface area contributed by atoms with Gasteiger partial charge < -0.3 is 10.2 Å². The Bertz CT molecular complexity index is 1270. The Labute approximate surface area is 226 Å². The van der Waals surface area contributed by atoms with Crippen molar-refractivity contribution in [3.63, 3.8) is 0 Å². The van der Waals surface area contributed by atoms with Crippen molar-refractivity contribution < 1.29 is 40.7 Å². The van der Waals surface area contributed by atoms with Crippen LogP contribution in [0.1, 0.15) is 47.4 Å². The molecule has 2 amide bonds. The number of benzene rings is 2. The number of aromatic nitrogens is 2. The minimum absolute atomic E-state index is 0. The molecular weight excluding hydrogens is 670 g/mol. The molecule has 1 N–H and O–H groups in total. The average molecular weight is 695 g/mol. The molecule has 1 aromatic heterocycles. The van der Waals surface area contributed by atoms with Crippen molar-refractivity contribution in [3.8, 4) is 11.1 Å². The van der Waals surface area contributed by atoms with Gasteiger partial charge in [-0.15, -0.1) is 0 Å². The van der Waals surface area contributed by atoms with Crippen LogP contribution < -0.4 is 5.32 Å². The van der Waals surface area contributed by atoms with E-state index in [1.807, 2.05) is 59.5 Å². The Morgan fingerprint density at radius 1 is 1.00 bits per heavy atom. The van der Waals surface area contributed by atoms with Crippen LogP contribution >= 0.6 is 11.7 Å². The number of fused-ring (bicyclic) bond motifs is 3. The third kappa shape index (κ3) is 3.96. The van der Waals surface area contributed by atoms with E-state index < -0.39 is 5.41 Å². The maximum absolute atomic E-state index is 13.7. The van der Waals surface area contributed by atoms with E-state index in [0.29, 0.717) is 11.3 Å². The minimum Gasteiger partial charge on any atom is -0.339 e. The fourth-order valence-electron chi connectivity index (χ4n) is 5.13. The first-order chi connectivity index (χ1) is 16.2. The summed E-state index contributed by atoms with van der Waals surface area (Å²) in [5, 5.41) is 3.14.